The van der Waals surface area contributed by atoms with Crippen LogP contribution in [0.25, 0.3) is 0 Å². The fraction of sp³-hybridized carbons (Fsp3) is 0.250. The first-order chi connectivity index (χ1) is 5.70. The van der Waals surface area contributed by atoms with Crippen LogP contribution in [0.1, 0.15) is 0 Å². The van der Waals surface area contributed by atoms with E-state index >= 15 is 0 Å². The van der Waals surface area contributed by atoms with Crippen LogP contribution in [-0.2, 0) is 0 Å². The molecule has 0 heterocycles. The van der Waals surface area contributed by atoms with E-state index in [0.717, 1.165) is 0 Å². The Kier molecular flexibility index (Phi) is 2.38. The highest BCUT2D eigenvalue weighted by atomic mass is 19.1. The maximum Gasteiger partial charge on any atom is 0.210 e. The summed E-state index contributed by atoms with van der Waals surface area (Å²) in [4.78, 5) is 0. The zero-order valence-electron chi connectivity index (χ0n) is 6.80. The second-order valence-electron chi connectivity index (χ2n) is 2.13. The molecule has 0 aliphatic rings. The van der Waals surface area contributed by atoms with Gasteiger partial charge in [0.15, 0.2) is 17.2 Å². The predicted molar refractivity (Wildman–Crippen MR) is 41.2 cm³/mol. The summed E-state index contributed by atoms with van der Waals surface area (Å²) in [5, 5.41) is 9.13. The Morgan fingerprint density at radius 1 is 1.17 bits per heavy atom. The van der Waals surface area contributed by atoms with Gasteiger partial charge < -0.3 is 14.6 Å². The minimum absolute atomic E-state index is 0.00620. The molecule has 0 spiro atoms. The van der Waals surface area contributed by atoms with Crippen molar-refractivity contribution in [2.24, 2.45) is 0 Å². The van der Waals surface area contributed by atoms with Crippen LogP contribution in [0.4, 0.5) is 4.39 Å². The van der Waals surface area contributed by atoms with Gasteiger partial charge >= 0.3 is 0 Å². The fourth-order valence-electron chi connectivity index (χ4n) is 0.851. The third-order valence-electron chi connectivity index (χ3n) is 1.48. The van der Waals surface area contributed by atoms with Crippen molar-refractivity contribution >= 4 is 0 Å². The first-order valence-electron chi connectivity index (χ1n) is 3.30. The number of halogens is 1. The SMILES string of the molecule is COc1ccc(OC)c(F)c1O. The maximum atomic E-state index is 13.0. The third-order valence-corrected chi connectivity index (χ3v) is 1.48. The highest BCUT2D eigenvalue weighted by Crippen LogP contribution is 2.34. The topological polar surface area (TPSA) is 38.7 Å². The monoisotopic (exact) mass is 172 g/mol. The summed E-state index contributed by atoms with van der Waals surface area (Å²) >= 11 is 0. The van der Waals surface area contributed by atoms with E-state index in [1.165, 1.54) is 26.4 Å². The summed E-state index contributed by atoms with van der Waals surface area (Å²) in [7, 11) is 2.67. The van der Waals surface area contributed by atoms with Gasteiger partial charge in [-0.1, -0.05) is 0 Å². The van der Waals surface area contributed by atoms with Gasteiger partial charge in [0.1, 0.15) is 0 Å². The molecule has 3 nitrogen and oxygen atoms in total. The Labute approximate surface area is 69.3 Å². The lowest BCUT2D eigenvalue weighted by Gasteiger charge is -2.06. The van der Waals surface area contributed by atoms with E-state index in [1.54, 1.807) is 0 Å². The van der Waals surface area contributed by atoms with Crippen molar-refractivity contribution in [1.82, 2.24) is 0 Å². The van der Waals surface area contributed by atoms with Gasteiger partial charge in [0, 0.05) is 0 Å². The zero-order chi connectivity index (χ0) is 9.14. The highest BCUT2D eigenvalue weighted by molar-refractivity contribution is 5.46. The molecule has 0 aliphatic carbocycles. The number of hydrogen-bond acceptors (Lipinski definition) is 3. The molecule has 1 aromatic carbocycles. The van der Waals surface area contributed by atoms with Gasteiger partial charge in [0.25, 0.3) is 0 Å². The molecule has 0 fully saturated rings. The summed E-state index contributed by atoms with van der Waals surface area (Å²) in [6, 6.07) is 2.81. The van der Waals surface area contributed by atoms with E-state index in [1.807, 2.05) is 0 Å². The molecule has 0 radical (unpaired) electrons. The van der Waals surface area contributed by atoms with E-state index in [9.17, 15) is 4.39 Å². The van der Waals surface area contributed by atoms with Gasteiger partial charge in [-0.3, -0.25) is 0 Å². The predicted octanol–water partition coefficient (Wildman–Crippen LogP) is 1.55. The number of methoxy groups -OCH3 is 2. The standard InChI is InChI=1S/C8H9FO3/c1-11-5-3-4-6(12-2)8(10)7(5)9/h3-4,10H,1-2H3. The lowest BCUT2D eigenvalue weighted by molar-refractivity contribution is 0.335. The average Bonchev–Trinajstić information content (AvgIpc) is 2.10. The third kappa shape index (κ3) is 1.28. The molecule has 0 unspecified atom stereocenters. The summed E-state index contributed by atoms with van der Waals surface area (Å²) in [6.07, 6.45) is 0. The largest absolute Gasteiger partial charge is 0.502 e. The second-order valence-corrected chi connectivity index (χ2v) is 2.13. The average molecular weight is 172 g/mol. The lowest BCUT2D eigenvalue weighted by atomic mass is 10.3. The molecular weight excluding hydrogens is 163 g/mol. The van der Waals surface area contributed by atoms with Crippen molar-refractivity contribution < 1.29 is 19.0 Å². The second kappa shape index (κ2) is 3.30. The van der Waals surface area contributed by atoms with Gasteiger partial charge in [-0.2, -0.15) is 4.39 Å². The van der Waals surface area contributed by atoms with Crippen LogP contribution in [0.5, 0.6) is 17.2 Å². The smallest absolute Gasteiger partial charge is 0.210 e. The van der Waals surface area contributed by atoms with E-state index < -0.39 is 11.6 Å². The Bertz CT molecular complexity index is 257. The quantitative estimate of drug-likeness (QED) is 0.735. The molecule has 0 saturated heterocycles. The van der Waals surface area contributed by atoms with Crippen LogP contribution in [0.15, 0.2) is 12.1 Å². The van der Waals surface area contributed by atoms with Crippen molar-refractivity contribution in [3.8, 4) is 17.2 Å². The fourth-order valence-corrected chi connectivity index (χ4v) is 0.851. The summed E-state index contributed by atoms with van der Waals surface area (Å²) in [5.41, 5.74) is 0. The molecule has 66 valence electrons. The molecule has 0 saturated carbocycles. The van der Waals surface area contributed by atoms with E-state index in [0.29, 0.717) is 0 Å². The van der Waals surface area contributed by atoms with Crippen LogP contribution in [-0.4, -0.2) is 19.3 Å². The molecule has 0 atom stereocenters. The van der Waals surface area contributed by atoms with Gasteiger partial charge in [0.2, 0.25) is 5.82 Å². The van der Waals surface area contributed by atoms with Crippen LogP contribution in [0.2, 0.25) is 0 Å². The molecule has 0 bridgehead atoms. The van der Waals surface area contributed by atoms with Gasteiger partial charge in [-0.05, 0) is 12.1 Å². The summed E-state index contributed by atoms with van der Waals surface area (Å²) < 4.78 is 22.3. The Morgan fingerprint density at radius 3 is 2.17 bits per heavy atom. The Morgan fingerprint density at radius 2 is 1.67 bits per heavy atom. The van der Waals surface area contributed by atoms with E-state index in [2.05, 4.69) is 9.47 Å². The van der Waals surface area contributed by atoms with Crippen molar-refractivity contribution in [2.75, 3.05) is 14.2 Å². The molecule has 0 amide bonds. The summed E-state index contributed by atoms with van der Waals surface area (Å²) in [5.74, 6) is -1.25. The molecule has 0 aromatic heterocycles. The van der Waals surface area contributed by atoms with Crippen LogP contribution in [0, 0.1) is 5.82 Å². The van der Waals surface area contributed by atoms with Crippen LogP contribution < -0.4 is 9.47 Å². The molecule has 1 rings (SSSR count). The first-order valence-corrected chi connectivity index (χ1v) is 3.30. The summed E-state index contributed by atoms with van der Waals surface area (Å²) in [6.45, 7) is 0. The van der Waals surface area contributed by atoms with Crippen LogP contribution in [0.3, 0.4) is 0 Å². The minimum Gasteiger partial charge on any atom is -0.502 e. The zero-order valence-corrected chi connectivity index (χ0v) is 6.80. The maximum absolute atomic E-state index is 13.0. The van der Waals surface area contributed by atoms with Gasteiger partial charge in [-0.25, -0.2) is 0 Å². The molecule has 1 aromatic rings. The number of ether oxygens (including phenoxy) is 2. The van der Waals surface area contributed by atoms with E-state index in [4.69, 9.17) is 5.11 Å². The van der Waals surface area contributed by atoms with Crippen molar-refractivity contribution in [3.05, 3.63) is 17.9 Å². The molecule has 4 heteroatoms. The van der Waals surface area contributed by atoms with E-state index in [-0.39, 0.29) is 11.5 Å². The molecule has 1 N–H and O–H groups in total. The number of aromatic hydroxyl groups is 1. The minimum atomic E-state index is -0.808. The lowest BCUT2D eigenvalue weighted by Crippen LogP contribution is -1.91. The first kappa shape index (κ1) is 8.64. The number of hydrogen-bond donors (Lipinski definition) is 1. The van der Waals surface area contributed by atoms with Gasteiger partial charge in [-0.15, -0.1) is 0 Å². The molecule has 12 heavy (non-hydrogen) atoms. The number of rotatable bonds is 2. The van der Waals surface area contributed by atoms with Crippen molar-refractivity contribution in [1.29, 1.82) is 0 Å². The van der Waals surface area contributed by atoms with Gasteiger partial charge in [0.05, 0.1) is 14.2 Å². The number of benzene rings is 1. The Hall–Kier alpha value is -1.45. The number of phenols is 1. The molecular formula is C8H9FO3. The molecule has 0 aliphatic heterocycles. The number of phenolic OH excluding ortho intramolecular Hbond substituents is 1. The normalized spacial score (nSPS) is 9.58. The van der Waals surface area contributed by atoms with Crippen LogP contribution >= 0.6 is 0 Å². The Balaban J connectivity index is 3.20. The highest BCUT2D eigenvalue weighted by Gasteiger charge is 2.12. The van der Waals surface area contributed by atoms with Crippen molar-refractivity contribution in [3.63, 3.8) is 0 Å². The van der Waals surface area contributed by atoms with Crippen molar-refractivity contribution in [2.45, 2.75) is 0 Å².